The summed E-state index contributed by atoms with van der Waals surface area (Å²) in [6.07, 6.45) is 6.43. The Balaban J connectivity index is 1.89. The van der Waals surface area contributed by atoms with Gasteiger partial charge in [-0.25, -0.2) is 10.8 Å². The van der Waals surface area contributed by atoms with E-state index in [-0.39, 0.29) is 0 Å². The average Bonchev–Trinajstić information content (AvgIpc) is 2.46. The molecule has 0 aromatic heterocycles. The van der Waals surface area contributed by atoms with Crippen LogP contribution in [0.1, 0.15) is 46.0 Å². The van der Waals surface area contributed by atoms with Crippen LogP contribution in [-0.2, 0) is 0 Å². The van der Waals surface area contributed by atoms with E-state index in [1.807, 2.05) is 0 Å². The Bertz CT molecular complexity index is 288. The molecule has 0 atom stereocenters. The summed E-state index contributed by atoms with van der Waals surface area (Å²) >= 11 is 0. The number of hydrogen-bond donors (Lipinski definition) is 2. The van der Waals surface area contributed by atoms with Crippen LogP contribution in [0.3, 0.4) is 0 Å². The lowest BCUT2D eigenvalue weighted by Crippen LogP contribution is -2.55. The van der Waals surface area contributed by atoms with E-state index in [4.69, 9.17) is 10.8 Å². The highest BCUT2D eigenvalue weighted by molar-refractivity contribution is 5.79. The second-order valence-electron chi connectivity index (χ2n) is 6.01. The molecule has 0 aromatic rings. The summed E-state index contributed by atoms with van der Waals surface area (Å²) in [7, 11) is 0. The molecule has 2 rings (SSSR count). The second kappa shape index (κ2) is 7.10. The highest BCUT2D eigenvalue weighted by atomic mass is 15.4. The van der Waals surface area contributed by atoms with Crippen molar-refractivity contribution in [3.63, 3.8) is 0 Å². The third kappa shape index (κ3) is 4.08. The largest absolute Gasteiger partial charge is 0.339 e. The Morgan fingerprint density at radius 1 is 1.11 bits per heavy atom. The van der Waals surface area contributed by atoms with Crippen LogP contribution in [0.4, 0.5) is 0 Å². The SMILES string of the molecule is CC(C)N1CCN(C(=NC2CCCCC2)NN)CC1. The van der Waals surface area contributed by atoms with E-state index in [0.717, 1.165) is 32.1 Å². The topological polar surface area (TPSA) is 56.9 Å². The summed E-state index contributed by atoms with van der Waals surface area (Å²) in [5.41, 5.74) is 2.82. The third-order valence-corrected chi connectivity index (χ3v) is 4.35. The maximum absolute atomic E-state index is 5.68. The van der Waals surface area contributed by atoms with Gasteiger partial charge in [0, 0.05) is 32.2 Å². The van der Waals surface area contributed by atoms with Crippen molar-refractivity contribution in [3.05, 3.63) is 0 Å². The maximum Gasteiger partial charge on any atom is 0.208 e. The number of guanidine groups is 1. The van der Waals surface area contributed by atoms with Crippen LogP contribution in [0.25, 0.3) is 0 Å². The van der Waals surface area contributed by atoms with Gasteiger partial charge in [0.1, 0.15) is 0 Å². The fraction of sp³-hybridized carbons (Fsp3) is 0.929. The van der Waals surface area contributed by atoms with Gasteiger partial charge in [-0.15, -0.1) is 0 Å². The Labute approximate surface area is 117 Å². The molecule has 5 heteroatoms. The molecule has 19 heavy (non-hydrogen) atoms. The zero-order chi connectivity index (χ0) is 13.7. The highest BCUT2D eigenvalue weighted by Crippen LogP contribution is 2.20. The van der Waals surface area contributed by atoms with E-state index in [1.54, 1.807) is 0 Å². The Kier molecular flexibility index (Phi) is 5.45. The van der Waals surface area contributed by atoms with E-state index in [9.17, 15) is 0 Å². The lowest BCUT2D eigenvalue weighted by molar-refractivity contribution is 0.146. The van der Waals surface area contributed by atoms with Crippen molar-refractivity contribution < 1.29 is 0 Å². The molecule has 110 valence electrons. The van der Waals surface area contributed by atoms with Gasteiger partial charge >= 0.3 is 0 Å². The summed E-state index contributed by atoms with van der Waals surface area (Å²) in [5, 5.41) is 0. The van der Waals surface area contributed by atoms with E-state index in [0.29, 0.717) is 12.1 Å². The van der Waals surface area contributed by atoms with Crippen molar-refractivity contribution in [2.24, 2.45) is 10.8 Å². The van der Waals surface area contributed by atoms with Crippen LogP contribution >= 0.6 is 0 Å². The predicted octanol–water partition coefficient (Wildman–Crippen LogP) is 1.16. The molecule has 3 N–H and O–H groups in total. The molecule has 1 aliphatic carbocycles. The summed E-state index contributed by atoms with van der Waals surface area (Å²) in [6, 6.07) is 1.11. The van der Waals surface area contributed by atoms with Crippen molar-refractivity contribution in [3.8, 4) is 0 Å². The highest BCUT2D eigenvalue weighted by Gasteiger charge is 2.22. The first-order chi connectivity index (χ1) is 9.20. The third-order valence-electron chi connectivity index (χ3n) is 4.35. The van der Waals surface area contributed by atoms with Crippen LogP contribution < -0.4 is 11.3 Å². The van der Waals surface area contributed by atoms with Crippen LogP contribution in [0.5, 0.6) is 0 Å². The first-order valence-electron chi connectivity index (χ1n) is 7.74. The van der Waals surface area contributed by atoms with Crippen LogP contribution in [0, 0.1) is 0 Å². The molecule has 0 spiro atoms. The van der Waals surface area contributed by atoms with E-state index in [1.165, 1.54) is 32.1 Å². The van der Waals surface area contributed by atoms with Crippen molar-refractivity contribution in [2.75, 3.05) is 26.2 Å². The lowest BCUT2D eigenvalue weighted by Gasteiger charge is -2.38. The molecule has 0 aromatic carbocycles. The Morgan fingerprint density at radius 2 is 1.74 bits per heavy atom. The molecular formula is C14H29N5. The molecule has 2 fully saturated rings. The molecule has 1 aliphatic heterocycles. The molecule has 1 heterocycles. The van der Waals surface area contributed by atoms with Gasteiger partial charge in [-0.2, -0.15) is 0 Å². The first-order valence-corrected chi connectivity index (χ1v) is 7.74. The number of piperazine rings is 1. The maximum atomic E-state index is 5.68. The van der Waals surface area contributed by atoms with Crippen molar-refractivity contribution in [2.45, 2.75) is 58.0 Å². The zero-order valence-corrected chi connectivity index (χ0v) is 12.4. The fourth-order valence-corrected chi connectivity index (χ4v) is 3.04. The molecule has 1 saturated carbocycles. The minimum Gasteiger partial charge on any atom is -0.339 e. The van der Waals surface area contributed by atoms with Gasteiger partial charge in [-0.05, 0) is 26.7 Å². The smallest absolute Gasteiger partial charge is 0.208 e. The average molecular weight is 267 g/mol. The summed E-state index contributed by atoms with van der Waals surface area (Å²) in [5.74, 6) is 6.58. The molecule has 0 radical (unpaired) electrons. The van der Waals surface area contributed by atoms with Crippen LogP contribution in [0.2, 0.25) is 0 Å². The van der Waals surface area contributed by atoms with Crippen molar-refractivity contribution >= 4 is 5.96 Å². The molecule has 0 unspecified atom stereocenters. The van der Waals surface area contributed by atoms with Gasteiger partial charge < -0.3 is 4.90 Å². The number of hydrogen-bond acceptors (Lipinski definition) is 3. The van der Waals surface area contributed by atoms with Gasteiger partial charge in [0.2, 0.25) is 5.96 Å². The number of nitrogens with zero attached hydrogens (tertiary/aromatic N) is 3. The number of hydrazine groups is 1. The van der Waals surface area contributed by atoms with E-state index < -0.39 is 0 Å². The second-order valence-corrected chi connectivity index (χ2v) is 6.01. The zero-order valence-electron chi connectivity index (χ0n) is 12.4. The van der Waals surface area contributed by atoms with E-state index >= 15 is 0 Å². The van der Waals surface area contributed by atoms with Gasteiger partial charge in [-0.3, -0.25) is 10.3 Å². The normalized spacial score (nSPS) is 24.0. The van der Waals surface area contributed by atoms with Gasteiger partial charge in [0.25, 0.3) is 0 Å². The first kappa shape index (κ1) is 14.6. The Hall–Kier alpha value is -0.810. The quantitative estimate of drug-likeness (QED) is 0.341. The monoisotopic (exact) mass is 267 g/mol. The molecule has 2 aliphatic rings. The van der Waals surface area contributed by atoms with E-state index in [2.05, 4.69) is 29.1 Å². The fourth-order valence-electron chi connectivity index (χ4n) is 3.04. The molecule has 0 bridgehead atoms. The summed E-state index contributed by atoms with van der Waals surface area (Å²) < 4.78 is 0. The summed E-state index contributed by atoms with van der Waals surface area (Å²) in [4.78, 5) is 9.64. The number of aliphatic imine (C=N–C) groups is 1. The van der Waals surface area contributed by atoms with Crippen LogP contribution in [-0.4, -0.2) is 54.0 Å². The minimum absolute atomic E-state index is 0.475. The van der Waals surface area contributed by atoms with Crippen LogP contribution in [0.15, 0.2) is 4.99 Å². The number of rotatable bonds is 2. The number of nitrogens with one attached hydrogen (secondary N) is 1. The Morgan fingerprint density at radius 3 is 2.26 bits per heavy atom. The standard InChI is InChI=1S/C14H29N5/c1-12(2)18-8-10-19(11-9-18)14(17-15)16-13-6-4-3-5-7-13/h12-13H,3-11,15H2,1-2H3,(H,16,17). The van der Waals surface area contributed by atoms with Crippen molar-refractivity contribution in [1.82, 2.24) is 15.2 Å². The molecule has 1 saturated heterocycles. The molecule has 0 amide bonds. The van der Waals surface area contributed by atoms with Crippen molar-refractivity contribution in [1.29, 1.82) is 0 Å². The number of nitrogens with two attached hydrogens (primary N) is 1. The molecular weight excluding hydrogens is 238 g/mol. The molecule has 5 nitrogen and oxygen atoms in total. The minimum atomic E-state index is 0.475. The predicted molar refractivity (Wildman–Crippen MR) is 79.9 cm³/mol. The van der Waals surface area contributed by atoms with Gasteiger partial charge in [0.05, 0.1) is 6.04 Å². The lowest BCUT2D eigenvalue weighted by atomic mass is 9.96. The van der Waals surface area contributed by atoms with Gasteiger partial charge in [-0.1, -0.05) is 19.3 Å². The summed E-state index contributed by atoms with van der Waals surface area (Å²) in [6.45, 7) is 8.76. The van der Waals surface area contributed by atoms with Gasteiger partial charge in [0.15, 0.2) is 0 Å².